The monoisotopic (exact) mass is 331 g/mol. The summed E-state index contributed by atoms with van der Waals surface area (Å²) < 4.78 is 15.6. The molecule has 0 atom stereocenters. The minimum Gasteiger partial charge on any atom is -0.336 e. The number of nitrogens with zero attached hydrogens (tertiary/aromatic N) is 4. The van der Waals surface area contributed by atoms with Gasteiger partial charge in [0.15, 0.2) is 0 Å². The van der Waals surface area contributed by atoms with Gasteiger partial charge >= 0.3 is 0 Å². The molecule has 6 nitrogen and oxygen atoms in total. The van der Waals surface area contributed by atoms with Crippen LogP contribution in [0.4, 0.5) is 4.39 Å². The summed E-state index contributed by atoms with van der Waals surface area (Å²) in [5.74, 6) is 0.0640. The van der Waals surface area contributed by atoms with Crippen LogP contribution in [-0.4, -0.2) is 44.7 Å². The lowest BCUT2D eigenvalue weighted by atomic mass is 10.1. The lowest BCUT2D eigenvalue weighted by Gasteiger charge is -2.29. The number of rotatable bonds is 3. The Morgan fingerprint density at radius 1 is 1.29 bits per heavy atom. The van der Waals surface area contributed by atoms with Crippen molar-refractivity contribution in [1.29, 1.82) is 0 Å². The molecule has 3 rings (SSSR count). The van der Waals surface area contributed by atoms with Crippen LogP contribution < -0.4 is 5.73 Å². The summed E-state index contributed by atoms with van der Waals surface area (Å²) in [5.41, 5.74) is 6.18. The summed E-state index contributed by atoms with van der Waals surface area (Å²) in [6.45, 7) is 5.08. The van der Waals surface area contributed by atoms with Crippen molar-refractivity contribution in [3.05, 3.63) is 41.7 Å². The number of aromatic nitrogens is 3. The van der Waals surface area contributed by atoms with Crippen LogP contribution in [0.15, 0.2) is 24.3 Å². The molecule has 7 heteroatoms. The van der Waals surface area contributed by atoms with Crippen LogP contribution in [0.25, 0.3) is 5.69 Å². The molecule has 0 bridgehead atoms. The molecule has 128 valence electrons. The number of carbonyl (C=O) groups is 1. The van der Waals surface area contributed by atoms with Gasteiger partial charge in [0.2, 0.25) is 5.82 Å². The number of hydrogen-bond donors (Lipinski definition) is 1. The van der Waals surface area contributed by atoms with Crippen molar-refractivity contribution < 1.29 is 9.18 Å². The van der Waals surface area contributed by atoms with E-state index in [0.717, 1.165) is 12.8 Å². The third kappa shape index (κ3) is 3.17. The standard InChI is InChI=1S/C17H22FN5O/c1-11(2)16-20-15(17(24)22-9-7-12(19)8-10-22)21-23(16)14-6-4-3-5-13(14)18/h3-6,11-12H,7-10,19H2,1-2H3. The molecule has 0 spiro atoms. The summed E-state index contributed by atoms with van der Waals surface area (Å²) in [6, 6.07) is 6.49. The zero-order valence-electron chi connectivity index (χ0n) is 13.9. The first-order valence-electron chi connectivity index (χ1n) is 8.24. The van der Waals surface area contributed by atoms with E-state index in [-0.39, 0.29) is 23.7 Å². The number of halogens is 1. The highest BCUT2D eigenvalue weighted by Crippen LogP contribution is 2.20. The molecule has 0 aliphatic carbocycles. The SMILES string of the molecule is CC(C)c1nc(C(=O)N2CCC(N)CC2)nn1-c1ccccc1F. The molecule has 1 amide bonds. The molecule has 0 unspecified atom stereocenters. The predicted octanol–water partition coefficient (Wildman–Crippen LogP) is 2.09. The lowest BCUT2D eigenvalue weighted by Crippen LogP contribution is -2.43. The van der Waals surface area contributed by atoms with Gasteiger partial charge in [0.25, 0.3) is 5.91 Å². The van der Waals surface area contributed by atoms with Gasteiger partial charge in [-0.05, 0) is 25.0 Å². The van der Waals surface area contributed by atoms with E-state index in [0.29, 0.717) is 24.6 Å². The lowest BCUT2D eigenvalue weighted by molar-refractivity contribution is 0.0702. The zero-order valence-corrected chi connectivity index (χ0v) is 13.9. The fraction of sp³-hybridized carbons (Fsp3) is 0.471. The Hall–Kier alpha value is -2.28. The van der Waals surface area contributed by atoms with E-state index in [2.05, 4.69) is 10.1 Å². The number of likely N-dealkylation sites (tertiary alicyclic amines) is 1. The van der Waals surface area contributed by atoms with Gasteiger partial charge in [-0.15, -0.1) is 5.10 Å². The highest BCUT2D eigenvalue weighted by atomic mass is 19.1. The van der Waals surface area contributed by atoms with E-state index in [4.69, 9.17) is 5.73 Å². The first-order chi connectivity index (χ1) is 11.5. The van der Waals surface area contributed by atoms with Gasteiger partial charge < -0.3 is 10.6 Å². The Morgan fingerprint density at radius 3 is 2.58 bits per heavy atom. The third-order valence-corrected chi connectivity index (χ3v) is 4.25. The highest BCUT2D eigenvalue weighted by Gasteiger charge is 2.27. The number of hydrogen-bond acceptors (Lipinski definition) is 4. The van der Waals surface area contributed by atoms with Gasteiger partial charge in [-0.2, -0.15) is 0 Å². The Labute approximate surface area is 140 Å². The van der Waals surface area contributed by atoms with Crippen molar-refractivity contribution in [2.24, 2.45) is 5.73 Å². The molecular formula is C17H22FN5O. The Balaban J connectivity index is 1.95. The molecule has 1 aromatic heterocycles. The maximum absolute atomic E-state index is 14.1. The number of nitrogens with two attached hydrogens (primary N) is 1. The Morgan fingerprint density at radius 2 is 1.96 bits per heavy atom. The molecular weight excluding hydrogens is 309 g/mol. The minimum absolute atomic E-state index is 0.00781. The number of para-hydroxylation sites is 1. The van der Waals surface area contributed by atoms with Crippen molar-refractivity contribution in [1.82, 2.24) is 19.7 Å². The Bertz CT molecular complexity index is 734. The molecule has 2 heterocycles. The predicted molar refractivity (Wildman–Crippen MR) is 88.5 cm³/mol. The van der Waals surface area contributed by atoms with Crippen LogP contribution in [0.1, 0.15) is 49.1 Å². The average molecular weight is 331 g/mol. The van der Waals surface area contributed by atoms with Gasteiger partial charge in [0, 0.05) is 25.0 Å². The second kappa shape index (κ2) is 6.68. The molecule has 1 saturated heterocycles. The summed E-state index contributed by atoms with van der Waals surface area (Å²) in [7, 11) is 0. The van der Waals surface area contributed by atoms with Crippen molar-refractivity contribution in [3.63, 3.8) is 0 Å². The van der Waals surface area contributed by atoms with E-state index in [9.17, 15) is 9.18 Å². The zero-order chi connectivity index (χ0) is 17.3. The van der Waals surface area contributed by atoms with Crippen LogP contribution in [-0.2, 0) is 0 Å². The fourth-order valence-corrected chi connectivity index (χ4v) is 2.83. The van der Waals surface area contributed by atoms with E-state index >= 15 is 0 Å². The summed E-state index contributed by atoms with van der Waals surface area (Å²) in [4.78, 5) is 18.8. The minimum atomic E-state index is -0.396. The molecule has 1 aromatic carbocycles. The highest BCUT2D eigenvalue weighted by molar-refractivity contribution is 5.90. The maximum atomic E-state index is 14.1. The van der Waals surface area contributed by atoms with Gasteiger partial charge in [-0.25, -0.2) is 14.1 Å². The Kier molecular flexibility index (Phi) is 4.62. The summed E-state index contributed by atoms with van der Waals surface area (Å²) in [6.07, 6.45) is 1.55. The van der Waals surface area contributed by atoms with Gasteiger partial charge in [0.05, 0.1) is 0 Å². The van der Waals surface area contributed by atoms with Crippen LogP contribution in [0.5, 0.6) is 0 Å². The molecule has 0 radical (unpaired) electrons. The number of carbonyl (C=O) groups excluding carboxylic acids is 1. The molecule has 2 aromatic rings. The quantitative estimate of drug-likeness (QED) is 0.934. The normalized spacial score (nSPS) is 16.0. The van der Waals surface area contributed by atoms with Crippen LogP contribution in [0.2, 0.25) is 0 Å². The third-order valence-electron chi connectivity index (χ3n) is 4.25. The van der Waals surface area contributed by atoms with Crippen molar-refractivity contribution in [2.75, 3.05) is 13.1 Å². The average Bonchev–Trinajstić information content (AvgIpc) is 3.00. The van der Waals surface area contributed by atoms with Gasteiger partial charge in [-0.1, -0.05) is 26.0 Å². The van der Waals surface area contributed by atoms with Crippen molar-refractivity contribution in [2.45, 2.75) is 38.6 Å². The second-order valence-corrected chi connectivity index (χ2v) is 6.44. The van der Waals surface area contributed by atoms with Crippen LogP contribution >= 0.6 is 0 Å². The topological polar surface area (TPSA) is 77.0 Å². The molecule has 1 fully saturated rings. The smallest absolute Gasteiger partial charge is 0.293 e. The fourth-order valence-electron chi connectivity index (χ4n) is 2.83. The molecule has 24 heavy (non-hydrogen) atoms. The first-order valence-corrected chi connectivity index (χ1v) is 8.24. The van der Waals surface area contributed by atoms with E-state index < -0.39 is 5.82 Å². The van der Waals surface area contributed by atoms with Crippen molar-refractivity contribution >= 4 is 5.91 Å². The van der Waals surface area contributed by atoms with E-state index in [1.54, 1.807) is 23.1 Å². The van der Waals surface area contributed by atoms with E-state index in [1.165, 1.54) is 10.7 Å². The molecule has 1 aliphatic rings. The molecule has 2 N–H and O–H groups in total. The summed E-state index contributed by atoms with van der Waals surface area (Å²) in [5, 5.41) is 4.30. The van der Waals surface area contributed by atoms with Crippen LogP contribution in [0.3, 0.4) is 0 Å². The van der Waals surface area contributed by atoms with Crippen molar-refractivity contribution in [3.8, 4) is 5.69 Å². The first kappa shape index (κ1) is 16.6. The molecule has 0 saturated carbocycles. The second-order valence-electron chi connectivity index (χ2n) is 6.44. The van der Waals surface area contributed by atoms with E-state index in [1.807, 2.05) is 13.8 Å². The summed E-state index contributed by atoms with van der Waals surface area (Å²) >= 11 is 0. The number of piperidine rings is 1. The van der Waals surface area contributed by atoms with Gasteiger partial charge in [0.1, 0.15) is 17.3 Å². The van der Waals surface area contributed by atoms with Gasteiger partial charge in [-0.3, -0.25) is 4.79 Å². The molecule has 1 aliphatic heterocycles. The number of benzene rings is 1. The largest absolute Gasteiger partial charge is 0.336 e. The maximum Gasteiger partial charge on any atom is 0.293 e. The van der Waals surface area contributed by atoms with Crippen LogP contribution in [0, 0.1) is 5.82 Å². The number of amides is 1.